The summed E-state index contributed by atoms with van der Waals surface area (Å²) < 4.78 is 0. The summed E-state index contributed by atoms with van der Waals surface area (Å²) in [6, 6.07) is 10.3. The van der Waals surface area contributed by atoms with E-state index in [1.807, 2.05) is 18.2 Å². The van der Waals surface area contributed by atoms with E-state index in [1.54, 1.807) is 0 Å². The van der Waals surface area contributed by atoms with Gasteiger partial charge >= 0.3 is 6.09 Å². The van der Waals surface area contributed by atoms with E-state index in [9.17, 15) is 19.5 Å². The normalized spacial score (nSPS) is 25.1. The molecule has 1 saturated heterocycles. The third-order valence-electron chi connectivity index (χ3n) is 6.86. The van der Waals surface area contributed by atoms with Crippen molar-refractivity contribution in [3.05, 3.63) is 47.2 Å². The molecule has 8 nitrogen and oxygen atoms in total. The lowest BCUT2D eigenvalue weighted by Crippen LogP contribution is -2.47. The second-order valence-corrected chi connectivity index (χ2v) is 8.69. The quantitative estimate of drug-likeness (QED) is 0.684. The molecule has 1 aliphatic carbocycles. The van der Waals surface area contributed by atoms with Crippen LogP contribution < -0.4 is 5.32 Å². The molecular formula is C23H29N3O5. The topological polar surface area (TPSA) is 110 Å². The SMILES string of the molecule is O=C(NC1CCC(c2ccccc2)CC1)C1=C(O)C(=O)N(C2CCN(C(=O)O)CC2)C1. The molecule has 3 aliphatic rings. The molecule has 3 N–H and O–H groups in total. The van der Waals surface area contributed by atoms with E-state index in [2.05, 4.69) is 17.4 Å². The zero-order chi connectivity index (χ0) is 22.0. The first-order valence-corrected chi connectivity index (χ1v) is 11.0. The number of aliphatic hydroxyl groups is 1. The molecule has 166 valence electrons. The van der Waals surface area contributed by atoms with Crippen LogP contribution >= 0.6 is 0 Å². The Morgan fingerprint density at radius 1 is 0.968 bits per heavy atom. The van der Waals surface area contributed by atoms with Crippen LogP contribution in [0.25, 0.3) is 0 Å². The molecule has 4 rings (SSSR count). The highest BCUT2D eigenvalue weighted by molar-refractivity contribution is 6.07. The van der Waals surface area contributed by atoms with Crippen molar-refractivity contribution >= 4 is 17.9 Å². The minimum absolute atomic E-state index is 0.0377. The summed E-state index contributed by atoms with van der Waals surface area (Å²) in [6.45, 7) is 0.765. The van der Waals surface area contributed by atoms with Crippen molar-refractivity contribution in [3.8, 4) is 0 Å². The van der Waals surface area contributed by atoms with E-state index in [4.69, 9.17) is 5.11 Å². The maximum absolute atomic E-state index is 12.8. The maximum atomic E-state index is 12.8. The van der Waals surface area contributed by atoms with Crippen LogP contribution in [0.4, 0.5) is 4.79 Å². The van der Waals surface area contributed by atoms with Gasteiger partial charge in [-0.1, -0.05) is 30.3 Å². The van der Waals surface area contributed by atoms with Crippen molar-refractivity contribution in [2.24, 2.45) is 0 Å². The molecular weight excluding hydrogens is 398 g/mol. The Labute approximate surface area is 181 Å². The number of benzene rings is 1. The van der Waals surface area contributed by atoms with Crippen LogP contribution in [0.2, 0.25) is 0 Å². The van der Waals surface area contributed by atoms with Gasteiger partial charge in [-0.25, -0.2) is 4.79 Å². The van der Waals surface area contributed by atoms with E-state index in [0.717, 1.165) is 25.7 Å². The highest BCUT2D eigenvalue weighted by atomic mass is 16.4. The first kappa shape index (κ1) is 21.2. The number of aliphatic hydroxyl groups excluding tert-OH is 1. The molecule has 31 heavy (non-hydrogen) atoms. The Kier molecular flexibility index (Phi) is 6.15. The molecule has 1 saturated carbocycles. The molecule has 0 radical (unpaired) electrons. The van der Waals surface area contributed by atoms with Gasteiger partial charge in [-0.2, -0.15) is 0 Å². The third kappa shape index (κ3) is 4.52. The van der Waals surface area contributed by atoms with Crippen LogP contribution in [0.1, 0.15) is 50.0 Å². The van der Waals surface area contributed by atoms with Crippen LogP contribution in [0.3, 0.4) is 0 Å². The summed E-state index contributed by atoms with van der Waals surface area (Å²) >= 11 is 0. The molecule has 0 unspecified atom stereocenters. The van der Waals surface area contributed by atoms with E-state index in [-0.39, 0.29) is 30.1 Å². The summed E-state index contributed by atoms with van der Waals surface area (Å²) in [5.74, 6) is -0.885. The van der Waals surface area contributed by atoms with E-state index in [1.165, 1.54) is 15.4 Å². The minimum atomic E-state index is -0.964. The van der Waals surface area contributed by atoms with Gasteiger partial charge in [0, 0.05) is 25.2 Å². The first-order valence-electron chi connectivity index (χ1n) is 11.0. The molecule has 2 aliphatic heterocycles. The number of piperidine rings is 1. The zero-order valence-corrected chi connectivity index (χ0v) is 17.5. The smallest absolute Gasteiger partial charge is 0.407 e. The van der Waals surface area contributed by atoms with Gasteiger partial charge in [-0.15, -0.1) is 0 Å². The number of likely N-dealkylation sites (tertiary alicyclic amines) is 1. The summed E-state index contributed by atoms with van der Waals surface area (Å²) in [5.41, 5.74) is 1.45. The number of carboxylic acid groups (broad SMARTS) is 1. The molecule has 0 bridgehead atoms. The van der Waals surface area contributed by atoms with Gasteiger partial charge in [0.2, 0.25) is 0 Å². The molecule has 8 heteroatoms. The molecule has 0 atom stereocenters. The number of rotatable bonds is 4. The number of hydrogen-bond acceptors (Lipinski definition) is 4. The molecule has 2 fully saturated rings. The summed E-state index contributed by atoms with van der Waals surface area (Å²) in [7, 11) is 0. The van der Waals surface area contributed by atoms with Gasteiger partial charge in [-0.3, -0.25) is 9.59 Å². The van der Waals surface area contributed by atoms with Gasteiger partial charge in [0.25, 0.3) is 11.8 Å². The van der Waals surface area contributed by atoms with Gasteiger partial charge in [0.1, 0.15) is 0 Å². The van der Waals surface area contributed by atoms with Gasteiger partial charge in [-0.05, 0) is 50.0 Å². The number of carbonyl (C=O) groups is 3. The van der Waals surface area contributed by atoms with E-state index in [0.29, 0.717) is 31.8 Å². The molecule has 0 aromatic heterocycles. The van der Waals surface area contributed by atoms with Crippen molar-refractivity contribution in [1.82, 2.24) is 15.1 Å². The van der Waals surface area contributed by atoms with Crippen molar-refractivity contribution in [1.29, 1.82) is 0 Å². The number of nitrogens with one attached hydrogen (secondary N) is 1. The van der Waals surface area contributed by atoms with Gasteiger partial charge in [0.15, 0.2) is 5.76 Å². The summed E-state index contributed by atoms with van der Waals surface area (Å²) in [5, 5.41) is 22.4. The summed E-state index contributed by atoms with van der Waals surface area (Å²) in [4.78, 5) is 39.2. The van der Waals surface area contributed by atoms with Crippen LogP contribution in [0.15, 0.2) is 41.7 Å². The fourth-order valence-corrected chi connectivity index (χ4v) is 4.99. The molecule has 1 aromatic carbocycles. The molecule has 3 amide bonds. The average Bonchev–Trinajstić information content (AvgIpc) is 3.09. The van der Waals surface area contributed by atoms with E-state index >= 15 is 0 Å². The van der Waals surface area contributed by atoms with E-state index < -0.39 is 17.8 Å². The largest absolute Gasteiger partial charge is 0.503 e. The third-order valence-corrected chi connectivity index (χ3v) is 6.86. The second kappa shape index (κ2) is 8.99. The average molecular weight is 428 g/mol. The van der Waals surface area contributed by atoms with Crippen LogP contribution in [0, 0.1) is 0 Å². The zero-order valence-electron chi connectivity index (χ0n) is 17.5. The lowest BCUT2D eigenvalue weighted by atomic mass is 9.82. The van der Waals surface area contributed by atoms with Crippen molar-refractivity contribution in [3.63, 3.8) is 0 Å². The Bertz CT molecular complexity index is 868. The predicted molar refractivity (Wildman–Crippen MR) is 114 cm³/mol. The minimum Gasteiger partial charge on any atom is -0.503 e. The monoisotopic (exact) mass is 427 g/mol. The maximum Gasteiger partial charge on any atom is 0.407 e. The Hall–Kier alpha value is -3.03. The predicted octanol–water partition coefficient (Wildman–Crippen LogP) is 2.63. The summed E-state index contributed by atoms with van der Waals surface area (Å²) in [6.07, 6.45) is 3.76. The van der Waals surface area contributed by atoms with Crippen LogP contribution in [-0.2, 0) is 9.59 Å². The highest BCUT2D eigenvalue weighted by Gasteiger charge is 2.39. The highest BCUT2D eigenvalue weighted by Crippen LogP contribution is 2.33. The Morgan fingerprint density at radius 3 is 2.23 bits per heavy atom. The fraction of sp³-hybridized carbons (Fsp3) is 0.522. The Morgan fingerprint density at radius 2 is 1.61 bits per heavy atom. The number of amides is 3. The van der Waals surface area contributed by atoms with Gasteiger partial charge < -0.3 is 25.3 Å². The molecule has 0 spiro atoms. The lowest BCUT2D eigenvalue weighted by Gasteiger charge is -2.35. The van der Waals surface area contributed by atoms with Crippen LogP contribution in [-0.4, -0.2) is 69.6 Å². The van der Waals surface area contributed by atoms with Crippen LogP contribution in [0.5, 0.6) is 0 Å². The van der Waals surface area contributed by atoms with Crippen molar-refractivity contribution in [2.75, 3.05) is 19.6 Å². The number of carbonyl (C=O) groups excluding carboxylic acids is 2. The molecule has 2 heterocycles. The molecule has 1 aromatic rings. The standard InChI is InChI=1S/C23H29N3O5/c27-20-19(14-26(22(20)29)18-10-12-25(13-11-18)23(30)31)21(28)24-17-8-6-16(7-9-17)15-4-2-1-3-5-15/h1-5,16-18,27H,6-14H2,(H,24,28)(H,30,31). The lowest BCUT2D eigenvalue weighted by molar-refractivity contribution is -0.130. The Balaban J connectivity index is 1.30. The second-order valence-electron chi connectivity index (χ2n) is 8.69. The van der Waals surface area contributed by atoms with Crippen molar-refractivity contribution < 1.29 is 24.6 Å². The first-order chi connectivity index (χ1) is 14.9. The fourth-order valence-electron chi connectivity index (χ4n) is 4.99. The number of hydrogen-bond donors (Lipinski definition) is 3. The van der Waals surface area contributed by atoms with Crippen molar-refractivity contribution in [2.45, 2.75) is 56.5 Å². The van der Waals surface area contributed by atoms with Gasteiger partial charge in [0.05, 0.1) is 12.1 Å². The number of nitrogens with zero attached hydrogens (tertiary/aromatic N) is 2.